The first-order chi connectivity index (χ1) is 11.7. The molecule has 1 fully saturated rings. The lowest BCUT2D eigenvalue weighted by Crippen LogP contribution is -2.35. The summed E-state index contributed by atoms with van der Waals surface area (Å²) in [6.45, 7) is 2.06. The van der Waals surface area contributed by atoms with Gasteiger partial charge in [0.2, 0.25) is 5.91 Å². The quantitative estimate of drug-likeness (QED) is 0.859. The lowest BCUT2D eigenvalue weighted by atomic mass is 10.1. The number of carbonyl (C=O) groups excluding carboxylic acids is 2. The third kappa shape index (κ3) is 2.85. The number of para-hydroxylation sites is 3. The highest BCUT2D eigenvalue weighted by Gasteiger charge is 2.40. The number of hydrogen-bond donors (Lipinski definition) is 1. The molecule has 1 saturated heterocycles. The molecular weight excluding hydrogens is 304 g/mol. The molecule has 2 aromatic carbocycles. The third-order valence-corrected chi connectivity index (χ3v) is 4.20. The van der Waals surface area contributed by atoms with E-state index in [4.69, 9.17) is 4.74 Å². The van der Waals surface area contributed by atoms with Gasteiger partial charge in [-0.15, -0.1) is 0 Å². The molecule has 0 radical (unpaired) electrons. The van der Waals surface area contributed by atoms with E-state index in [9.17, 15) is 9.59 Å². The van der Waals surface area contributed by atoms with E-state index in [1.165, 1.54) is 12.0 Å². The number of carbonyl (C=O) groups is 2. The topological polar surface area (TPSA) is 58.6 Å². The van der Waals surface area contributed by atoms with Gasteiger partial charge < -0.3 is 10.1 Å². The maximum atomic E-state index is 12.8. The number of nitrogens with zero attached hydrogens (tertiary/aromatic N) is 1. The summed E-state index contributed by atoms with van der Waals surface area (Å²) < 4.78 is 5.28. The van der Waals surface area contributed by atoms with E-state index in [-0.39, 0.29) is 18.2 Å². The number of anilines is 2. The fraction of sp³-hybridized carbons (Fsp3) is 0.263. The van der Waals surface area contributed by atoms with Crippen molar-refractivity contribution >= 4 is 23.2 Å². The summed E-state index contributed by atoms with van der Waals surface area (Å²) in [7, 11) is 1.52. The Labute approximate surface area is 141 Å². The van der Waals surface area contributed by atoms with Gasteiger partial charge in [-0.05, 0) is 30.2 Å². The highest BCUT2D eigenvalue weighted by atomic mass is 16.5. The van der Waals surface area contributed by atoms with Crippen LogP contribution in [0.2, 0.25) is 0 Å². The largest absolute Gasteiger partial charge is 0.495 e. The molecule has 1 unspecified atom stereocenters. The standard InChI is InChI=1S/C19H20N2O3/c1-3-13-8-4-5-9-14(13)20-15-12-18(22)21(19(15)23)16-10-6-7-11-17(16)24-2/h4-11,15,20H,3,12H2,1-2H3. The molecule has 0 aromatic heterocycles. The maximum Gasteiger partial charge on any atom is 0.256 e. The van der Waals surface area contributed by atoms with Crippen LogP contribution < -0.4 is 15.0 Å². The predicted octanol–water partition coefficient (Wildman–Crippen LogP) is 3.00. The number of benzene rings is 2. The highest BCUT2D eigenvalue weighted by Crippen LogP contribution is 2.32. The molecule has 24 heavy (non-hydrogen) atoms. The summed E-state index contributed by atoms with van der Waals surface area (Å²) >= 11 is 0. The average Bonchev–Trinajstić information content (AvgIpc) is 2.89. The van der Waals surface area contributed by atoms with Crippen molar-refractivity contribution in [2.24, 2.45) is 0 Å². The van der Waals surface area contributed by atoms with Gasteiger partial charge in [-0.25, -0.2) is 4.90 Å². The van der Waals surface area contributed by atoms with Gasteiger partial charge in [0.15, 0.2) is 0 Å². The zero-order valence-corrected chi connectivity index (χ0v) is 13.8. The van der Waals surface area contributed by atoms with Crippen LogP contribution in [0.4, 0.5) is 11.4 Å². The highest BCUT2D eigenvalue weighted by molar-refractivity contribution is 6.23. The SMILES string of the molecule is CCc1ccccc1NC1CC(=O)N(c2ccccc2OC)C1=O. The number of imide groups is 1. The lowest BCUT2D eigenvalue weighted by Gasteiger charge is -2.19. The van der Waals surface area contributed by atoms with E-state index in [1.807, 2.05) is 24.3 Å². The normalized spacial score (nSPS) is 17.2. The Balaban J connectivity index is 1.87. The maximum absolute atomic E-state index is 12.8. The van der Waals surface area contributed by atoms with E-state index in [2.05, 4.69) is 12.2 Å². The summed E-state index contributed by atoms with van der Waals surface area (Å²) in [4.78, 5) is 26.4. The zero-order chi connectivity index (χ0) is 17.1. The molecule has 1 atom stereocenters. The lowest BCUT2D eigenvalue weighted by molar-refractivity contribution is -0.121. The molecular formula is C19H20N2O3. The molecule has 0 aliphatic carbocycles. The molecule has 0 saturated carbocycles. The number of ether oxygens (including phenoxy) is 1. The van der Waals surface area contributed by atoms with E-state index in [0.717, 1.165) is 17.7 Å². The van der Waals surface area contributed by atoms with Crippen molar-refractivity contribution in [3.05, 3.63) is 54.1 Å². The molecule has 1 aliphatic rings. The van der Waals surface area contributed by atoms with Gasteiger partial charge in [0.1, 0.15) is 11.8 Å². The second-order valence-electron chi connectivity index (χ2n) is 5.65. The number of amides is 2. The third-order valence-electron chi connectivity index (χ3n) is 4.20. The first-order valence-electron chi connectivity index (χ1n) is 8.00. The van der Waals surface area contributed by atoms with E-state index < -0.39 is 6.04 Å². The first kappa shape index (κ1) is 16.1. The van der Waals surface area contributed by atoms with Gasteiger partial charge in [-0.1, -0.05) is 37.3 Å². The van der Waals surface area contributed by atoms with Gasteiger partial charge in [0, 0.05) is 5.69 Å². The monoisotopic (exact) mass is 324 g/mol. The number of rotatable bonds is 5. The second kappa shape index (κ2) is 6.74. The number of aryl methyl sites for hydroxylation is 1. The van der Waals surface area contributed by atoms with Crippen molar-refractivity contribution in [2.45, 2.75) is 25.8 Å². The fourth-order valence-corrected chi connectivity index (χ4v) is 2.97. The molecule has 3 rings (SSSR count). The number of methoxy groups -OCH3 is 1. The Hall–Kier alpha value is -2.82. The fourth-order valence-electron chi connectivity index (χ4n) is 2.97. The van der Waals surface area contributed by atoms with Crippen LogP contribution in [-0.4, -0.2) is 25.0 Å². The Morgan fingerprint density at radius 3 is 2.58 bits per heavy atom. The van der Waals surface area contributed by atoms with E-state index >= 15 is 0 Å². The molecule has 2 amide bonds. The molecule has 5 heteroatoms. The Kier molecular flexibility index (Phi) is 4.51. The van der Waals surface area contributed by atoms with E-state index in [0.29, 0.717) is 11.4 Å². The van der Waals surface area contributed by atoms with Crippen LogP contribution in [0.3, 0.4) is 0 Å². The van der Waals surface area contributed by atoms with Gasteiger partial charge in [0.05, 0.1) is 19.2 Å². The average molecular weight is 324 g/mol. The van der Waals surface area contributed by atoms with Crippen LogP contribution in [-0.2, 0) is 16.0 Å². The summed E-state index contributed by atoms with van der Waals surface area (Å²) in [6, 6.07) is 14.3. The minimum Gasteiger partial charge on any atom is -0.495 e. The summed E-state index contributed by atoms with van der Waals surface area (Å²) in [5.74, 6) is 0.0280. The van der Waals surface area contributed by atoms with Crippen molar-refractivity contribution in [3.8, 4) is 5.75 Å². The van der Waals surface area contributed by atoms with Crippen molar-refractivity contribution in [3.63, 3.8) is 0 Å². The van der Waals surface area contributed by atoms with Gasteiger partial charge in [-0.2, -0.15) is 0 Å². The zero-order valence-electron chi connectivity index (χ0n) is 13.8. The van der Waals surface area contributed by atoms with Crippen LogP contribution in [0.25, 0.3) is 0 Å². The van der Waals surface area contributed by atoms with Gasteiger partial charge in [0.25, 0.3) is 5.91 Å². The smallest absolute Gasteiger partial charge is 0.256 e. The summed E-state index contributed by atoms with van der Waals surface area (Å²) in [5, 5.41) is 3.22. The Bertz CT molecular complexity index is 773. The minimum absolute atomic E-state index is 0.134. The Morgan fingerprint density at radius 2 is 1.83 bits per heavy atom. The molecule has 0 spiro atoms. The molecule has 124 valence electrons. The van der Waals surface area contributed by atoms with Crippen LogP contribution in [0.5, 0.6) is 5.75 Å². The molecule has 1 aliphatic heterocycles. The minimum atomic E-state index is -0.560. The summed E-state index contributed by atoms with van der Waals surface area (Å²) in [6.07, 6.45) is 0.989. The van der Waals surface area contributed by atoms with Gasteiger partial charge in [-0.3, -0.25) is 9.59 Å². The molecule has 2 aromatic rings. The number of hydrogen-bond acceptors (Lipinski definition) is 4. The van der Waals surface area contributed by atoms with E-state index in [1.54, 1.807) is 24.3 Å². The van der Waals surface area contributed by atoms with Crippen LogP contribution in [0, 0.1) is 0 Å². The van der Waals surface area contributed by atoms with Crippen molar-refractivity contribution in [1.29, 1.82) is 0 Å². The van der Waals surface area contributed by atoms with Gasteiger partial charge >= 0.3 is 0 Å². The van der Waals surface area contributed by atoms with Crippen LogP contribution in [0.15, 0.2) is 48.5 Å². The summed E-state index contributed by atoms with van der Waals surface area (Å²) in [5.41, 5.74) is 2.50. The van der Waals surface area contributed by atoms with Crippen molar-refractivity contribution < 1.29 is 14.3 Å². The molecule has 1 N–H and O–H groups in total. The van der Waals surface area contributed by atoms with Crippen molar-refractivity contribution in [1.82, 2.24) is 0 Å². The predicted molar refractivity (Wildman–Crippen MR) is 93.3 cm³/mol. The van der Waals surface area contributed by atoms with Crippen LogP contribution >= 0.6 is 0 Å². The molecule has 0 bridgehead atoms. The number of nitrogens with one attached hydrogen (secondary N) is 1. The molecule has 1 heterocycles. The van der Waals surface area contributed by atoms with Crippen LogP contribution in [0.1, 0.15) is 18.9 Å². The Morgan fingerprint density at radius 1 is 1.12 bits per heavy atom. The first-order valence-corrected chi connectivity index (χ1v) is 8.00. The second-order valence-corrected chi connectivity index (χ2v) is 5.65. The molecule has 5 nitrogen and oxygen atoms in total. The van der Waals surface area contributed by atoms with Crippen molar-refractivity contribution in [2.75, 3.05) is 17.3 Å².